The van der Waals surface area contributed by atoms with E-state index < -0.39 is 42.1 Å². The number of carbonyl (C=O) groups excluding carboxylic acids is 1. The van der Waals surface area contributed by atoms with Crippen molar-refractivity contribution in [3.8, 4) is 33.8 Å². The van der Waals surface area contributed by atoms with Crippen molar-refractivity contribution in [1.82, 2.24) is 0 Å². The van der Waals surface area contributed by atoms with Crippen LogP contribution in [-0.2, 0) is 40.0 Å². The average molecular weight is 947 g/mol. The lowest BCUT2D eigenvalue weighted by atomic mass is 9.94. The highest BCUT2D eigenvalue weighted by molar-refractivity contribution is 5.87. The van der Waals surface area contributed by atoms with E-state index in [4.69, 9.17) is 27.8 Å². The first-order chi connectivity index (χ1) is 33.3. The van der Waals surface area contributed by atoms with Crippen molar-refractivity contribution in [3.05, 3.63) is 140 Å². The SMILES string of the molecule is C=C(C)C(=O)OCCCC(F)(F)CCCOC(COc1ccc2cc(-c3ccc(CCCCC)cc3CC)c(=O)oc2c1)COc1ccc2cc(-c3ccc(CCCCC)cc3CC)c(=O)oc2c1. The van der Waals surface area contributed by atoms with Crippen molar-refractivity contribution in [3.63, 3.8) is 0 Å². The molecule has 6 rings (SSSR count). The summed E-state index contributed by atoms with van der Waals surface area (Å²) in [5.74, 6) is -2.77. The number of unbranched alkanes of at least 4 members (excludes halogenated alkanes) is 4. The van der Waals surface area contributed by atoms with E-state index in [0.29, 0.717) is 33.8 Å². The van der Waals surface area contributed by atoms with Gasteiger partial charge < -0.3 is 27.8 Å². The van der Waals surface area contributed by atoms with Gasteiger partial charge in [-0.15, -0.1) is 0 Å². The van der Waals surface area contributed by atoms with E-state index in [1.807, 2.05) is 36.4 Å². The monoisotopic (exact) mass is 946 g/mol. The fourth-order valence-electron chi connectivity index (χ4n) is 8.46. The summed E-state index contributed by atoms with van der Waals surface area (Å²) in [7, 11) is 0. The second-order valence-corrected chi connectivity index (χ2v) is 18.0. The molecule has 368 valence electrons. The number of halogens is 2. The molecule has 6 aromatic rings. The fourth-order valence-corrected chi connectivity index (χ4v) is 8.46. The number of benzene rings is 4. The zero-order valence-electron chi connectivity index (χ0n) is 41.0. The number of esters is 1. The molecule has 0 N–H and O–H groups in total. The highest BCUT2D eigenvalue weighted by Gasteiger charge is 2.28. The van der Waals surface area contributed by atoms with Gasteiger partial charge in [-0.2, -0.15) is 0 Å². The van der Waals surface area contributed by atoms with Gasteiger partial charge in [0.1, 0.15) is 42.0 Å². The van der Waals surface area contributed by atoms with E-state index >= 15 is 0 Å². The van der Waals surface area contributed by atoms with Gasteiger partial charge in [-0.3, -0.25) is 0 Å². The number of rotatable bonds is 28. The van der Waals surface area contributed by atoms with Gasteiger partial charge in [0.25, 0.3) is 0 Å². The number of ether oxygens (including phenoxy) is 4. The lowest BCUT2D eigenvalue weighted by Crippen LogP contribution is -2.29. The minimum atomic E-state index is -2.99. The normalized spacial score (nSPS) is 11.7. The summed E-state index contributed by atoms with van der Waals surface area (Å²) >= 11 is 0. The Hall–Kier alpha value is -6.07. The highest BCUT2D eigenvalue weighted by Crippen LogP contribution is 2.31. The van der Waals surface area contributed by atoms with Crippen LogP contribution in [0.3, 0.4) is 0 Å². The molecule has 0 aliphatic rings. The molecule has 2 aromatic heterocycles. The number of aryl methyl sites for hydroxylation is 4. The summed E-state index contributed by atoms with van der Waals surface area (Å²) in [6, 6.07) is 26.8. The maximum absolute atomic E-state index is 14.8. The van der Waals surface area contributed by atoms with Crippen molar-refractivity contribution < 1.29 is 41.4 Å². The molecule has 0 atom stereocenters. The third kappa shape index (κ3) is 15.0. The molecule has 0 aliphatic carbocycles. The Kier molecular flexibility index (Phi) is 19.3. The average Bonchev–Trinajstić information content (AvgIpc) is 3.34. The number of carbonyl (C=O) groups is 1. The fraction of sp³-hybridized carbons (Fsp3) is 0.431. The quantitative estimate of drug-likeness (QED) is 0.0205. The Labute approximate surface area is 404 Å². The largest absolute Gasteiger partial charge is 0.491 e. The zero-order chi connectivity index (χ0) is 49.3. The minimum absolute atomic E-state index is 0.00962. The van der Waals surface area contributed by atoms with Crippen LogP contribution in [0.15, 0.2) is 116 Å². The summed E-state index contributed by atoms with van der Waals surface area (Å²) in [5, 5.41) is 1.46. The van der Waals surface area contributed by atoms with E-state index in [1.165, 1.54) is 30.9 Å². The topological polar surface area (TPSA) is 114 Å². The Bertz CT molecular complexity index is 2620. The van der Waals surface area contributed by atoms with Crippen molar-refractivity contribution in [2.45, 2.75) is 137 Å². The molecule has 0 aliphatic heterocycles. The molecule has 0 unspecified atom stereocenters. The molecule has 0 fully saturated rings. The molecule has 0 spiro atoms. The lowest BCUT2D eigenvalue weighted by Gasteiger charge is -2.21. The highest BCUT2D eigenvalue weighted by atomic mass is 19.3. The van der Waals surface area contributed by atoms with E-state index in [1.54, 1.807) is 24.3 Å². The summed E-state index contributed by atoms with van der Waals surface area (Å²) in [6.07, 6.45) is 8.93. The maximum Gasteiger partial charge on any atom is 0.344 e. The molecule has 0 saturated carbocycles. The molecule has 0 saturated heterocycles. The van der Waals surface area contributed by atoms with Crippen molar-refractivity contribution in [2.75, 3.05) is 26.4 Å². The molecule has 0 bridgehead atoms. The van der Waals surface area contributed by atoms with Crippen LogP contribution in [-0.4, -0.2) is 44.4 Å². The van der Waals surface area contributed by atoms with Gasteiger partial charge in [-0.05, 0) is 128 Å². The number of alkyl halides is 2. The molecule has 69 heavy (non-hydrogen) atoms. The predicted octanol–water partition coefficient (Wildman–Crippen LogP) is 14.0. The van der Waals surface area contributed by atoms with Crippen molar-refractivity contribution in [1.29, 1.82) is 0 Å². The maximum atomic E-state index is 14.8. The summed E-state index contributed by atoms with van der Waals surface area (Å²) in [5.41, 5.74) is 7.44. The molecular formula is C58H68F2O9. The summed E-state index contributed by atoms with van der Waals surface area (Å²) in [4.78, 5) is 38.5. The number of hydrogen-bond acceptors (Lipinski definition) is 9. The Morgan fingerprint density at radius 1 is 0.609 bits per heavy atom. The summed E-state index contributed by atoms with van der Waals surface area (Å²) < 4.78 is 64.8. The van der Waals surface area contributed by atoms with Crippen LogP contribution in [0.1, 0.15) is 121 Å². The van der Waals surface area contributed by atoms with Gasteiger partial charge in [0.05, 0.1) is 17.7 Å². The van der Waals surface area contributed by atoms with Gasteiger partial charge in [-0.25, -0.2) is 23.2 Å². The van der Waals surface area contributed by atoms with Crippen LogP contribution >= 0.6 is 0 Å². The van der Waals surface area contributed by atoms with Crippen molar-refractivity contribution >= 4 is 27.9 Å². The van der Waals surface area contributed by atoms with Gasteiger partial charge in [0.2, 0.25) is 5.92 Å². The third-order valence-corrected chi connectivity index (χ3v) is 12.4. The first kappa shape index (κ1) is 52.3. The van der Waals surface area contributed by atoms with E-state index in [0.717, 1.165) is 84.4 Å². The minimum Gasteiger partial charge on any atom is -0.491 e. The second-order valence-electron chi connectivity index (χ2n) is 18.0. The zero-order valence-corrected chi connectivity index (χ0v) is 41.0. The smallest absolute Gasteiger partial charge is 0.344 e. The number of hydrogen-bond donors (Lipinski definition) is 0. The molecule has 11 heteroatoms. The molecule has 2 heterocycles. The molecule has 0 radical (unpaired) electrons. The van der Waals surface area contributed by atoms with Crippen LogP contribution in [0.2, 0.25) is 0 Å². The molecule has 9 nitrogen and oxygen atoms in total. The van der Waals surface area contributed by atoms with E-state index in [2.05, 4.69) is 58.5 Å². The van der Waals surface area contributed by atoms with Gasteiger partial charge in [0.15, 0.2) is 0 Å². The van der Waals surface area contributed by atoms with Crippen LogP contribution in [0.25, 0.3) is 44.2 Å². The first-order valence-electron chi connectivity index (χ1n) is 24.8. The van der Waals surface area contributed by atoms with Crippen molar-refractivity contribution in [2.24, 2.45) is 0 Å². The second kappa shape index (κ2) is 25.5. The van der Waals surface area contributed by atoms with Crippen LogP contribution in [0.4, 0.5) is 8.78 Å². The Morgan fingerprint density at radius 3 is 1.54 bits per heavy atom. The van der Waals surface area contributed by atoms with Gasteiger partial charge >= 0.3 is 17.2 Å². The molecule has 4 aromatic carbocycles. The van der Waals surface area contributed by atoms with Crippen LogP contribution in [0, 0.1) is 0 Å². The van der Waals surface area contributed by atoms with Gasteiger partial charge in [0, 0.05) is 47.9 Å². The van der Waals surface area contributed by atoms with Crippen LogP contribution in [0.5, 0.6) is 11.5 Å². The molecular weight excluding hydrogens is 879 g/mol. The summed E-state index contributed by atoms with van der Waals surface area (Å²) in [6.45, 7) is 13.4. The predicted molar refractivity (Wildman–Crippen MR) is 271 cm³/mol. The first-order valence-corrected chi connectivity index (χ1v) is 24.8. The Morgan fingerprint density at radius 2 is 1.09 bits per heavy atom. The van der Waals surface area contributed by atoms with E-state index in [-0.39, 0.29) is 44.8 Å². The van der Waals surface area contributed by atoms with Crippen LogP contribution < -0.4 is 20.7 Å². The standard InChI is InChI=1S/C58H68F2O9/c1-7-11-13-17-40-19-25-49(42(9-3)31-40)51-33-44-21-23-46(35-53(44)68-56(51)62)66-37-48(64-29-15-27-58(59,60)28-16-30-65-55(61)39(5)6)38-67-47-24-22-45-34-52(57(63)69-54(45)36-47)50-26-20-41(18-14-12-8-2)32-43(50)10-4/h19-26,31-36,48H,5,7-18,27-30,37-38H2,1-4,6H3. The number of fused-ring (bicyclic) bond motifs is 2. The Balaban J connectivity index is 1.15. The lowest BCUT2D eigenvalue weighted by molar-refractivity contribution is -0.139. The van der Waals surface area contributed by atoms with E-state index in [9.17, 15) is 23.2 Å². The van der Waals surface area contributed by atoms with Gasteiger partial charge in [-0.1, -0.05) is 96.4 Å². The molecule has 0 amide bonds. The third-order valence-electron chi connectivity index (χ3n) is 12.4.